The van der Waals surface area contributed by atoms with Crippen LogP contribution in [-0.4, -0.2) is 20.0 Å². The molecule has 1 atom stereocenters. The van der Waals surface area contributed by atoms with Crippen molar-refractivity contribution in [3.05, 3.63) is 86.6 Å². The van der Waals surface area contributed by atoms with Crippen molar-refractivity contribution in [2.45, 2.75) is 51.9 Å². The number of nitrogens with zero attached hydrogens (tertiary/aromatic N) is 2. The number of carbonyl (C=O) groups excluding carboxylic acids is 1. The average Bonchev–Trinajstić information content (AvgIpc) is 2.75. The molecule has 0 aliphatic rings. The van der Waals surface area contributed by atoms with Gasteiger partial charge < -0.3 is 4.74 Å². The summed E-state index contributed by atoms with van der Waals surface area (Å²) >= 11 is 0. The Hall–Kier alpha value is -3.79. The van der Waals surface area contributed by atoms with Gasteiger partial charge in [0.05, 0.1) is 9.82 Å². The first-order chi connectivity index (χ1) is 16.2. The third-order valence-electron chi connectivity index (χ3n) is 5.27. The molecule has 35 heavy (non-hydrogen) atoms. The number of nitro groups is 1. The van der Waals surface area contributed by atoms with Crippen LogP contribution < -0.4 is 9.46 Å². The molecule has 0 fully saturated rings. The van der Waals surface area contributed by atoms with Crippen LogP contribution in [0.3, 0.4) is 0 Å². The van der Waals surface area contributed by atoms with E-state index < -0.39 is 20.7 Å². The molecular formula is C25H28N4O5S. The second-order valence-corrected chi connectivity index (χ2v) is 11.2. The summed E-state index contributed by atoms with van der Waals surface area (Å²) in [6.45, 7) is 11.7. The van der Waals surface area contributed by atoms with Crippen molar-refractivity contribution in [2.75, 3.05) is 0 Å². The van der Waals surface area contributed by atoms with E-state index in [2.05, 4.69) is 9.71 Å². The van der Waals surface area contributed by atoms with Gasteiger partial charge >= 0.3 is 0 Å². The van der Waals surface area contributed by atoms with Gasteiger partial charge in [-0.15, -0.1) is 0 Å². The number of benzene rings is 2. The minimum Gasteiger partial charge on any atom is -0.438 e. The number of amides is 1. The van der Waals surface area contributed by atoms with E-state index in [4.69, 9.17) is 9.52 Å². The SMILES string of the molecule is Cc1cc(C)c(Oc2nc(C(C)(C)C)ccc2C(=O)NS(=N)(=O)c2cccc([N+](=O)[O-])c2)c(C)c1. The Morgan fingerprint density at radius 1 is 1.09 bits per heavy atom. The second-order valence-electron chi connectivity index (χ2n) is 9.37. The van der Waals surface area contributed by atoms with Crippen molar-refractivity contribution in [1.29, 1.82) is 4.78 Å². The van der Waals surface area contributed by atoms with E-state index in [0.29, 0.717) is 11.4 Å². The van der Waals surface area contributed by atoms with Crippen LogP contribution >= 0.6 is 0 Å². The zero-order valence-electron chi connectivity index (χ0n) is 20.5. The lowest BCUT2D eigenvalue weighted by molar-refractivity contribution is -0.385. The number of pyridine rings is 1. The number of hydrogen-bond donors (Lipinski definition) is 2. The van der Waals surface area contributed by atoms with Gasteiger partial charge in [0.15, 0.2) is 9.92 Å². The zero-order chi connectivity index (χ0) is 26.1. The highest BCUT2D eigenvalue weighted by molar-refractivity contribution is 7.91. The van der Waals surface area contributed by atoms with E-state index >= 15 is 0 Å². The summed E-state index contributed by atoms with van der Waals surface area (Å²) in [7, 11) is -3.90. The molecule has 2 aromatic carbocycles. The van der Waals surface area contributed by atoms with Gasteiger partial charge in [-0.05, 0) is 50.1 Å². The lowest BCUT2D eigenvalue weighted by Crippen LogP contribution is -2.30. The van der Waals surface area contributed by atoms with Gasteiger partial charge in [-0.2, -0.15) is 0 Å². The summed E-state index contributed by atoms with van der Waals surface area (Å²) < 4.78 is 29.6. The number of aromatic nitrogens is 1. The molecule has 3 rings (SSSR count). The maximum atomic E-state index is 13.2. The van der Waals surface area contributed by atoms with Gasteiger partial charge in [-0.25, -0.2) is 14.0 Å². The second kappa shape index (κ2) is 9.46. The summed E-state index contributed by atoms with van der Waals surface area (Å²) in [6, 6.07) is 11.9. The van der Waals surface area contributed by atoms with E-state index in [-0.39, 0.29) is 27.4 Å². The molecule has 1 aromatic heterocycles. The van der Waals surface area contributed by atoms with E-state index in [1.807, 2.05) is 53.7 Å². The minimum absolute atomic E-state index is 0.0113. The van der Waals surface area contributed by atoms with Gasteiger partial charge in [0.1, 0.15) is 11.3 Å². The summed E-state index contributed by atoms with van der Waals surface area (Å²) in [4.78, 5) is 28.0. The predicted molar refractivity (Wildman–Crippen MR) is 133 cm³/mol. The Bertz CT molecular complexity index is 1400. The Labute approximate surface area is 204 Å². The minimum atomic E-state index is -3.90. The molecule has 0 aliphatic carbocycles. The highest BCUT2D eigenvalue weighted by atomic mass is 32.2. The van der Waals surface area contributed by atoms with Gasteiger partial charge in [-0.1, -0.05) is 44.5 Å². The Balaban J connectivity index is 2.04. The summed E-state index contributed by atoms with van der Waals surface area (Å²) in [5.41, 5.74) is 2.78. The molecule has 0 spiro atoms. The van der Waals surface area contributed by atoms with Gasteiger partial charge in [0.25, 0.3) is 11.6 Å². The molecule has 3 aromatic rings. The number of nitrogens with one attached hydrogen (secondary N) is 2. The van der Waals surface area contributed by atoms with Gasteiger partial charge in [0.2, 0.25) is 5.88 Å². The first kappa shape index (κ1) is 25.8. The number of carbonyl (C=O) groups is 1. The lowest BCUT2D eigenvalue weighted by Gasteiger charge is -2.21. The molecule has 184 valence electrons. The number of nitro benzene ring substituents is 1. The molecule has 1 heterocycles. The Morgan fingerprint density at radius 2 is 1.71 bits per heavy atom. The van der Waals surface area contributed by atoms with Crippen LogP contribution in [0.1, 0.15) is 53.5 Å². The van der Waals surface area contributed by atoms with E-state index in [0.717, 1.165) is 22.8 Å². The van der Waals surface area contributed by atoms with Crippen LogP contribution in [0, 0.1) is 35.7 Å². The fourth-order valence-corrected chi connectivity index (χ4v) is 4.60. The average molecular weight is 497 g/mol. The maximum absolute atomic E-state index is 13.2. The molecule has 0 radical (unpaired) electrons. The van der Waals surface area contributed by atoms with Crippen molar-refractivity contribution in [2.24, 2.45) is 0 Å². The first-order valence-corrected chi connectivity index (χ1v) is 12.4. The molecule has 1 amide bonds. The molecule has 2 N–H and O–H groups in total. The lowest BCUT2D eigenvalue weighted by atomic mass is 9.91. The number of hydrogen-bond acceptors (Lipinski definition) is 7. The number of aryl methyl sites for hydroxylation is 3. The van der Waals surface area contributed by atoms with Crippen LogP contribution in [0.2, 0.25) is 0 Å². The summed E-state index contributed by atoms with van der Waals surface area (Å²) in [6.07, 6.45) is 0. The third-order valence-corrected chi connectivity index (χ3v) is 6.66. The summed E-state index contributed by atoms with van der Waals surface area (Å²) in [5.74, 6) is -0.283. The van der Waals surface area contributed by atoms with Gasteiger partial charge in [-0.3, -0.25) is 19.6 Å². The maximum Gasteiger partial charge on any atom is 0.270 e. The topological polar surface area (TPSA) is 135 Å². The van der Waals surface area contributed by atoms with Crippen LogP contribution in [0.4, 0.5) is 5.69 Å². The number of non-ortho nitro benzene ring substituents is 1. The van der Waals surface area contributed by atoms with E-state index in [1.54, 1.807) is 6.07 Å². The quantitative estimate of drug-likeness (QED) is 0.329. The van der Waals surface area contributed by atoms with Crippen LogP contribution in [0.5, 0.6) is 11.6 Å². The number of rotatable bonds is 6. The molecule has 0 aliphatic heterocycles. The van der Waals surface area contributed by atoms with E-state index in [1.165, 1.54) is 24.3 Å². The van der Waals surface area contributed by atoms with Crippen molar-refractivity contribution in [3.63, 3.8) is 0 Å². The fraction of sp³-hybridized carbons (Fsp3) is 0.280. The Morgan fingerprint density at radius 3 is 2.29 bits per heavy atom. The van der Waals surface area contributed by atoms with Crippen molar-refractivity contribution >= 4 is 21.5 Å². The monoisotopic (exact) mass is 496 g/mol. The van der Waals surface area contributed by atoms with Crippen molar-refractivity contribution in [1.82, 2.24) is 9.71 Å². The number of ether oxygens (including phenoxy) is 1. The molecule has 0 bridgehead atoms. The Kier molecular flexibility index (Phi) is 6.98. The third kappa shape index (κ3) is 5.83. The molecule has 1 unspecified atom stereocenters. The standard InChI is InChI=1S/C25H28N4O5S/c1-15-12-16(2)22(17(3)13-15)34-24-20(10-11-21(27-24)25(4,5)6)23(30)28-35(26,33)19-9-7-8-18(14-19)29(31)32/h7-14H,1-6H3,(H2,26,28,30,33). The van der Waals surface area contributed by atoms with Gasteiger partial charge in [0, 0.05) is 23.2 Å². The first-order valence-electron chi connectivity index (χ1n) is 10.8. The molecular weight excluding hydrogens is 468 g/mol. The summed E-state index contributed by atoms with van der Waals surface area (Å²) in [5, 5.41) is 11.1. The van der Waals surface area contributed by atoms with Crippen LogP contribution in [0.25, 0.3) is 0 Å². The molecule has 0 saturated heterocycles. The molecule has 10 heteroatoms. The smallest absolute Gasteiger partial charge is 0.270 e. The molecule has 9 nitrogen and oxygen atoms in total. The normalized spacial score (nSPS) is 13.1. The van der Waals surface area contributed by atoms with Crippen molar-refractivity contribution in [3.8, 4) is 11.6 Å². The van der Waals surface area contributed by atoms with Crippen LogP contribution in [0.15, 0.2) is 53.4 Å². The highest BCUT2D eigenvalue weighted by Gasteiger charge is 2.25. The van der Waals surface area contributed by atoms with Crippen molar-refractivity contribution < 1.29 is 18.7 Å². The largest absolute Gasteiger partial charge is 0.438 e. The zero-order valence-corrected chi connectivity index (χ0v) is 21.3. The molecule has 0 saturated carbocycles. The van der Waals surface area contributed by atoms with E-state index in [9.17, 15) is 19.1 Å². The predicted octanol–water partition coefficient (Wildman–Crippen LogP) is 5.76. The fourth-order valence-electron chi connectivity index (χ4n) is 3.55. The van der Waals surface area contributed by atoms with Crippen LogP contribution in [-0.2, 0) is 15.3 Å². The highest BCUT2D eigenvalue weighted by Crippen LogP contribution is 2.33.